The highest BCUT2D eigenvalue weighted by Crippen LogP contribution is 2.17. The number of aliphatic hydroxyl groups excluding tert-OH is 1. The van der Waals surface area contributed by atoms with Crippen LogP contribution in [0.15, 0.2) is 12.1 Å². The molecule has 1 heterocycles. The smallest absolute Gasteiger partial charge is 0.324 e. The summed E-state index contributed by atoms with van der Waals surface area (Å²) >= 11 is 0. The molecule has 0 radical (unpaired) electrons. The molecule has 68 valence electrons. The van der Waals surface area contributed by atoms with Crippen molar-refractivity contribution in [2.24, 2.45) is 0 Å². The van der Waals surface area contributed by atoms with Gasteiger partial charge < -0.3 is 10.1 Å². The molecule has 0 atom stereocenters. The van der Waals surface area contributed by atoms with E-state index in [0.29, 0.717) is 6.32 Å². The molecule has 13 heavy (non-hydrogen) atoms. The molecule has 0 unspecified atom stereocenters. The third-order valence-corrected chi connectivity index (χ3v) is 2.52. The Morgan fingerprint density at radius 3 is 2.92 bits per heavy atom. The Kier molecular flexibility index (Phi) is 2.10. The average Bonchev–Trinajstić information content (AvgIpc) is 2.46. The quantitative estimate of drug-likeness (QED) is 0.600. The number of hydrogen-bond acceptors (Lipinski definition) is 2. The van der Waals surface area contributed by atoms with Gasteiger partial charge in [-0.1, -0.05) is 6.07 Å². The van der Waals surface area contributed by atoms with Crippen molar-refractivity contribution in [3.63, 3.8) is 0 Å². The summed E-state index contributed by atoms with van der Waals surface area (Å²) in [5.74, 6) is -0.379. The van der Waals surface area contributed by atoms with Gasteiger partial charge in [-0.2, -0.15) is 0 Å². The number of benzene rings is 1. The first-order chi connectivity index (χ1) is 6.22. The lowest BCUT2D eigenvalue weighted by Crippen LogP contribution is -2.26. The maximum atomic E-state index is 13.1. The summed E-state index contributed by atoms with van der Waals surface area (Å²) < 4.78 is 13.1. The fourth-order valence-corrected chi connectivity index (χ4v) is 1.77. The van der Waals surface area contributed by atoms with Crippen molar-refractivity contribution in [1.29, 1.82) is 0 Å². The Labute approximate surface area is 76.1 Å². The van der Waals surface area contributed by atoms with Crippen molar-refractivity contribution in [2.75, 3.05) is 0 Å². The van der Waals surface area contributed by atoms with Gasteiger partial charge in [0.1, 0.15) is 5.82 Å². The fraction of sp³-hybridized carbons (Fsp3) is 0.333. The summed E-state index contributed by atoms with van der Waals surface area (Å²) in [5, 5.41) is 18.3. The van der Waals surface area contributed by atoms with Gasteiger partial charge in [0.05, 0.1) is 6.61 Å². The Bertz CT molecular complexity index is 341. The number of halogens is 1. The van der Waals surface area contributed by atoms with Crippen LogP contribution in [0.4, 0.5) is 4.39 Å². The minimum atomic E-state index is -0.485. The van der Waals surface area contributed by atoms with E-state index in [1.165, 1.54) is 6.07 Å². The zero-order valence-electron chi connectivity index (χ0n) is 7.13. The lowest BCUT2D eigenvalue weighted by molar-refractivity contribution is 0.276. The molecule has 0 saturated heterocycles. The Morgan fingerprint density at radius 2 is 2.23 bits per heavy atom. The SMILES string of the molecule is OCc1cc2c(cc1F)CCB2O. The second-order valence-corrected chi connectivity index (χ2v) is 3.36. The fourth-order valence-electron chi connectivity index (χ4n) is 1.77. The molecule has 0 aliphatic carbocycles. The van der Waals surface area contributed by atoms with Crippen LogP contribution in [0, 0.1) is 5.82 Å². The first-order valence-electron chi connectivity index (χ1n) is 4.32. The molecule has 2 rings (SSSR count). The molecule has 0 amide bonds. The Hall–Kier alpha value is -0.865. The molecule has 0 spiro atoms. The second kappa shape index (κ2) is 3.12. The van der Waals surface area contributed by atoms with E-state index in [1.807, 2.05) is 0 Å². The summed E-state index contributed by atoms with van der Waals surface area (Å²) in [5.41, 5.74) is 1.90. The Balaban J connectivity index is 2.51. The highest BCUT2D eigenvalue weighted by molar-refractivity contribution is 6.68. The zero-order chi connectivity index (χ0) is 9.42. The minimum Gasteiger partial charge on any atom is -0.446 e. The predicted octanol–water partition coefficient (Wildman–Crippen LogP) is 0.0649. The normalized spacial score (nSPS) is 14.8. The molecule has 1 aromatic rings. The van der Waals surface area contributed by atoms with Gasteiger partial charge in [-0.3, -0.25) is 0 Å². The lowest BCUT2D eigenvalue weighted by atomic mass is 9.63. The maximum Gasteiger partial charge on any atom is 0.324 e. The maximum absolute atomic E-state index is 13.1. The molecule has 4 heteroatoms. The molecular weight excluding hydrogens is 170 g/mol. The van der Waals surface area contributed by atoms with Crippen molar-refractivity contribution < 1.29 is 14.5 Å². The van der Waals surface area contributed by atoms with E-state index < -0.39 is 6.92 Å². The molecule has 0 fully saturated rings. The second-order valence-electron chi connectivity index (χ2n) is 3.36. The molecule has 2 nitrogen and oxygen atoms in total. The van der Waals surface area contributed by atoms with E-state index in [1.54, 1.807) is 6.07 Å². The molecule has 1 aliphatic rings. The van der Waals surface area contributed by atoms with Crippen LogP contribution in [0.1, 0.15) is 11.1 Å². The number of aliphatic hydroxyl groups is 1. The van der Waals surface area contributed by atoms with Gasteiger partial charge in [-0.15, -0.1) is 0 Å². The summed E-state index contributed by atoms with van der Waals surface area (Å²) in [6, 6.07) is 2.97. The number of aryl methyl sites for hydroxylation is 1. The molecule has 1 aromatic carbocycles. The van der Waals surface area contributed by atoms with E-state index in [2.05, 4.69) is 0 Å². The van der Waals surface area contributed by atoms with Crippen LogP contribution in [0.3, 0.4) is 0 Å². The van der Waals surface area contributed by atoms with E-state index in [-0.39, 0.29) is 18.0 Å². The first kappa shape index (κ1) is 8.72. The molecular formula is C9H10BFO2. The van der Waals surface area contributed by atoms with Gasteiger partial charge in [0.2, 0.25) is 0 Å². The van der Waals surface area contributed by atoms with Crippen molar-refractivity contribution in [3.8, 4) is 0 Å². The van der Waals surface area contributed by atoms with E-state index in [4.69, 9.17) is 5.11 Å². The van der Waals surface area contributed by atoms with Crippen LogP contribution in [-0.4, -0.2) is 17.0 Å². The average molecular weight is 180 g/mol. The third-order valence-electron chi connectivity index (χ3n) is 2.52. The van der Waals surface area contributed by atoms with Crippen molar-refractivity contribution in [3.05, 3.63) is 29.1 Å². The number of fused-ring (bicyclic) bond motifs is 1. The van der Waals surface area contributed by atoms with Gasteiger partial charge in [-0.05, 0) is 29.8 Å². The zero-order valence-corrected chi connectivity index (χ0v) is 7.13. The summed E-state index contributed by atoms with van der Waals surface area (Å²) in [6.45, 7) is -0.799. The number of hydrogen-bond donors (Lipinski definition) is 2. The minimum absolute atomic E-state index is 0.264. The summed E-state index contributed by atoms with van der Waals surface area (Å²) in [4.78, 5) is 0. The summed E-state index contributed by atoms with van der Waals surface area (Å²) in [7, 11) is 0. The van der Waals surface area contributed by atoms with Crippen LogP contribution in [0.2, 0.25) is 6.32 Å². The lowest BCUT2D eigenvalue weighted by Gasteiger charge is -2.05. The monoisotopic (exact) mass is 180 g/mol. The van der Waals surface area contributed by atoms with Crippen molar-refractivity contribution >= 4 is 12.4 Å². The van der Waals surface area contributed by atoms with Crippen molar-refractivity contribution in [2.45, 2.75) is 19.3 Å². The summed E-state index contributed by atoms with van der Waals surface area (Å²) in [6.07, 6.45) is 1.38. The highest BCUT2D eigenvalue weighted by Gasteiger charge is 2.26. The van der Waals surface area contributed by atoms with Crippen molar-refractivity contribution in [1.82, 2.24) is 0 Å². The van der Waals surface area contributed by atoms with Crippen LogP contribution in [0.25, 0.3) is 0 Å². The van der Waals surface area contributed by atoms with Crippen LogP contribution in [0.5, 0.6) is 0 Å². The highest BCUT2D eigenvalue weighted by atomic mass is 19.1. The van der Waals surface area contributed by atoms with E-state index >= 15 is 0 Å². The molecule has 0 saturated carbocycles. The largest absolute Gasteiger partial charge is 0.446 e. The first-order valence-corrected chi connectivity index (χ1v) is 4.32. The molecule has 0 aromatic heterocycles. The van der Waals surface area contributed by atoms with Gasteiger partial charge in [-0.25, -0.2) is 4.39 Å². The third kappa shape index (κ3) is 1.36. The van der Waals surface area contributed by atoms with Gasteiger partial charge >= 0.3 is 6.92 Å². The van der Waals surface area contributed by atoms with Crippen LogP contribution >= 0.6 is 0 Å². The molecule has 0 bridgehead atoms. The van der Waals surface area contributed by atoms with Gasteiger partial charge in [0.15, 0.2) is 0 Å². The van der Waals surface area contributed by atoms with E-state index in [0.717, 1.165) is 17.4 Å². The molecule has 1 aliphatic heterocycles. The van der Waals surface area contributed by atoms with Gasteiger partial charge in [0.25, 0.3) is 0 Å². The van der Waals surface area contributed by atoms with Gasteiger partial charge in [0, 0.05) is 5.56 Å². The number of rotatable bonds is 1. The predicted molar refractivity (Wildman–Crippen MR) is 48.4 cm³/mol. The molecule has 2 N–H and O–H groups in total. The Morgan fingerprint density at radius 1 is 1.46 bits per heavy atom. The topological polar surface area (TPSA) is 40.5 Å². The van der Waals surface area contributed by atoms with Crippen LogP contribution < -0.4 is 5.46 Å². The standard InChI is InChI=1S/C9H10BFO2/c11-9-4-6-1-2-10(13)8(6)3-7(9)5-12/h3-4,12-13H,1-2,5H2. The van der Waals surface area contributed by atoms with E-state index in [9.17, 15) is 9.41 Å². The van der Waals surface area contributed by atoms with Crippen LogP contribution in [-0.2, 0) is 13.0 Å².